The lowest BCUT2D eigenvalue weighted by Crippen LogP contribution is -2.23. The van der Waals surface area contributed by atoms with E-state index in [0.29, 0.717) is 0 Å². The summed E-state index contributed by atoms with van der Waals surface area (Å²) in [5.74, 6) is 0.718. The van der Waals surface area contributed by atoms with Crippen LogP contribution in [-0.2, 0) is 0 Å². The Morgan fingerprint density at radius 1 is 1.18 bits per heavy atom. The fourth-order valence-electron chi connectivity index (χ4n) is 3.14. The van der Waals surface area contributed by atoms with E-state index in [9.17, 15) is 4.79 Å². The normalized spacial score (nSPS) is 14.9. The Morgan fingerprint density at radius 3 is 2.64 bits per heavy atom. The van der Waals surface area contributed by atoms with Crippen LogP contribution in [0, 0.1) is 6.92 Å². The van der Waals surface area contributed by atoms with Crippen molar-refractivity contribution in [3.05, 3.63) is 45.6 Å². The summed E-state index contributed by atoms with van der Waals surface area (Å²) in [4.78, 5) is 24.5. The first-order valence-electron chi connectivity index (χ1n) is 7.58. The highest BCUT2D eigenvalue weighted by molar-refractivity contribution is 7.19. The predicted octanol–water partition coefficient (Wildman–Crippen LogP) is 3.56. The number of fused-ring (bicyclic) bond motifs is 1. The molecule has 1 N–H and O–H groups in total. The van der Waals surface area contributed by atoms with E-state index in [4.69, 9.17) is 4.98 Å². The van der Waals surface area contributed by atoms with Crippen molar-refractivity contribution in [2.24, 2.45) is 0 Å². The van der Waals surface area contributed by atoms with E-state index >= 15 is 0 Å². The van der Waals surface area contributed by atoms with Gasteiger partial charge in [0.2, 0.25) is 5.95 Å². The number of rotatable bonds is 2. The first-order chi connectivity index (χ1) is 10.7. The summed E-state index contributed by atoms with van der Waals surface area (Å²) in [6.07, 6.45) is 2.33. The van der Waals surface area contributed by atoms with Gasteiger partial charge >= 0.3 is 0 Å². The number of nitrogens with one attached hydrogen (secondary N) is 1. The van der Waals surface area contributed by atoms with Crippen LogP contribution in [0.1, 0.15) is 17.7 Å². The zero-order valence-electron chi connectivity index (χ0n) is 12.4. The zero-order chi connectivity index (χ0) is 15.1. The summed E-state index contributed by atoms with van der Waals surface area (Å²) in [5, 5.41) is 0.719. The highest BCUT2D eigenvalue weighted by Gasteiger charge is 2.20. The molecule has 2 aromatic heterocycles. The monoisotopic (exact) mass is 311 g/mol. The second-order valence-electron chi connectivity index (χ2n) is 5.66. The van der Waals surface area contributed by atoms with Gasteiger partial charge in [-0.2, -0.15) is 0 Å². The van der Waals surface area contributed by atoms with Crippen molar-refractivity contribution in [1.29, 1.82) is 0 Å². The fraction of sp³-hybridized carbons (Fsp3) is 0.294. The molecule has 0 aliphatic carbocycles. The summed E-state index contributed by atoms with van der Waals surface area (Å²) >= 11 is 1.60. The summed E-state index contributed by atoms with van der Waals surface area (Å²) in [6.45, 7) is 4.01. The first-order valence-corrected chi connectivity index (χ1v) is 8.39. The van der Waals surface area contributed by atoms with Crippen LogP contribution >= 0.6 is 11.3 Å². The topological polar surface area (TPSA) is 49.0 Å². The number of thiophene rings is 1. The number of benzene rings is 1. The van der Waals surface area contributed by atoms with Crippen molar-refractivity contribution in [1.82, 2.24) is 9.97 Å². The summed E-state index contributed by atoms with van der Waals surface area (Å²) in [5.41, 5.74) is 2.06. The van der Waals surface area contributed by atoms with Gasteiger partial charge in [0, 0.05) is 23.5 Å². The molecule has 4 rings (SSSR count). The third-order valence-corrected chi connectivity index (χ3v) is 5.19. The highest BCUT2D eigenvalue weighted by atomic mass is 32.1. The fourth-order valence-corrected chi connectivity index (χ4v) is 4.18. The molecule has 5 heteroatoms. The maximum atomic E-state index is 12.6. The van der Waals surface area contributed by atoms with E-state index in [1.165, 1.54) is 12.8 Å². The molecular weight excluding hydrogens is 294 g/mol. The minimum atomic E-state index is -0.0323. The molecule has 4 nitrogen and oxygen atoms in total. The SMILES string of the molecule is Cc1sc2nc(N3CCCC3)[nH]c(=O)c2c1-c1ccccc1. The number of H-pyrrole nitrogens is 1. The molecule has 22 heavy (non-hydrogen) atoms. The van der Waals surface area contributed by atoms with E-state index in [-0.39, 0.29) is 5.56 Å². The number of aryl methyl sites for hydroxylation is 1. The minimum absolute atomic E-state index is 0.0323. The molecule has 0 unspecified atom stereocenters. The lowest BCUT2D eigenvalue weighted by Gasteiger charge is -2.15. The zero-order valence-corrected chi connectivity index (χ0v) is 13.2. The second kappa shape index (κ2) is 5.25. The predicted molar refractivity (Wildman–Crippen MR) is 91.9 cm³/mol. The van der Waals surface area contributed by atoms with Crippen LogP contribution in [0.4, 0.5) is 5.95 Å². The van der Waals surface area contributed by atoms with Crippen LogP contribution in [0.15, 0.2) is 35.1 Å². The second-order valence-corrected chi connectivity index (χ2v) is 6.87. The Labute approximate surface area is 132 Å². The summed E-state index contributed by atoms with van der Waals surface area (Å²) in [7, 11) is 0. The maximum absolute atomic E-state index is 12.6. The molecule has 0 saturated carbocycles. The Bertz CT molecular complexity index is 876. The number of hydrogen-bond acceptors (Lipinski definition) is 4. The van der Waals surface area contributed by atoms with Crippen molar-refractivity contribution in [3.8, 4) is 11.1 Å². The Balaban J connectivity index is 1.93. The molecule has 0 atom stereocenters. The summed E-state index contributed by atoms with van der Waals surface area (Å²) in [6, 6.07) is 10.1. The molecule has 3 aromatic rings. The lowest BCUT2D eigenvalue weighted by atomic mass is 10.0. The standard InChI is InChI=1S/C17H17N3OS/c1-11-13(12-7-3-2-4-8-12)14-15(21)18-17(19-16(14)22-11)20-9-5-6-10-20/h2-4,7-8H,5-6,9-10H2,1H3,(H,18,19,21). The van der Waals surface area contributed by atoms with Crippen molar-refractivity contribution in [3.63, 3.8) is 0 Å². The molecule has 1 aliphatic heterocycles. The quantitative estimate of drug-likeness (QED) is 0.787. The Morgan fingerprint density at radius 2 is 1.91 bits per heavy atom. The van der Waals surface area contributed by atoms with Gasteiger partial charge in [-0.3, -0.25) is 9.78 Å². The van der Waals surface area contributed by atoms with Crippen LogP contribution in [0.25, 0.3) is 21.3 Å². The molecule has 0 bridgehead atoms. The van der Waals surface area contributed by atoms with Gasteiger partial charge in [0.15, 0.2) is 0 Å². The Kier molecular flexibility index (Phi) is 3.22. The number of aromatic amines is 1. The van der Waals surface area contributed by atoms with Crippen molar-refractivity contribution in [2.45, 2.75) is 19.8 Å². The third-order valence-electron chi connectivity index (χ3n) is 4.19. The molecule has 1 saturated heterocycles. The van der Waals surface area contributed by atoms with Crippen LogP contribution in [-0.4, -0.2) is 23.1 Å². The van der Waals surface area contributed by atoms with Crippen molar-refractivity contribution < 1.29 is 0 Å². The minimum Gasteiger partial charge on any atom is -0.342 e. The number of nitrogens with zero attached hydrogens (tertiary/aromatic N) is 2. The van der Waals surface area contributed by atoms with Crippen LogP contribution in [0.3, 0.4) is 0 Å². The van der Waals surface area contributed by atoms with Gasteiger partial charge in [-0.25, -0.2) is 4.98 Å². The average Bonchev–Trinajstić information content (AvgIpc) is 3.15. The lowest BCUT2D eigenvalue weighted by molar-refractivity contribution is 0.902. The van der Waals surface area contributed by atoms with Gasteiger partial charge in [0.1, 0.15) is 4.83 Å². The smallest absolute Gasteiger partial charge is 0.261 e. The van der Waals surface area contributed by atoms with Gasteiger partial charge in [-0.1, -0.05) is 30.3 Å². The van der Waals surface area contributed by atoms with E-state index in [1.54, 1.807) is 11.3 Å². The van der Waals surface area contributed by atoms with Gasteiger partial charge in [-0.05, 0) is 25.3 Å². The molecule has 0 amide bonds. The van der Waals surface area contributed by atoms with Gasteiger partial charge < -0.3 is 4.90 Å². The average molecular weight is 311 g/mol. The van der Waals surface area contributed by atoms with E-state index in [1.807, 2.05) is 30.3 Å². The molecule has 1 fully saturated rings. The highest BCUT2D eigenvalue weighted by Crippen LogP contribution is 2.35. The first kappa shape index (κ1) is 13.5. The third kappa shape index (κ3) is 2.13. The number of hydrogen-bond donors (Lipinski definition) is 1. The summed E-state index contributed by atoms with van der Waals surface area (Å²) < 4.78 is 0. The maximum Gasteiger partial charge on any atom is 0.261 e. The van der Waals surface area contributed by atoms with E-state index in [0.717, 1.165) is 45.3 Å². The van der Waals surface area contributed by atoms with Gasteiger partial charge in [-0.15, -0.1) is 11.3 Å². The number of anilines is 1. The van der Waals surface area contributed by atoms with E-state index in [2.05, 4.69) is 16.8 Å². The molecule has 3 heterocycles. The molecule has 0 radical (unpaired) electrons. The molecular formula is C17H17N3OS. The number of aromatic nitrogens is 2. The Hall–Kier alpha value is -2.14. The van der Waals surface area contributed by atoms with Crippen molar-refractivity contribution in [2.75, 3.05) is 18.0 Å². The molecule has 112 valence electrons. The van der Waals surface area contributed by atoms with Crippen molar-refractivity contribution >= 4 is 27.5 Å². The molecule has 0 spiro atoms. The van der Waals surface area contributed by atoms with Gasteiger partial charge in [0.05, 0.1) is 5.39 Å². The van der Waals surface area contributed by atoms with Crippen LogP contribution < -0.4 is 10.5 Å². The molecule has 1 aliphatic rings. The molecule has 1 aromatic carbocycles. The van der Waals surface area contributed by atoms with Crippen LogP contribution in [0.5, 0.6) is 0 Å². The van der Waals surface area contributed by atoms with Crippen LogP contribution in [0.2, 0.25) is 0 Å². The van der Waals surface area contributed by atoms with E-state index < -0.39 is 0 Å². The van der Waals surface area contributed by atoms with Gasteiger partial charge in [0.25, 0.3) is 5.56 Å². The largest absolute Gasteiger partial charge is 0.342 e.